The quantitative estimate of drug-likeness (QED) is 0.797. The van der Waals surface area contributed by atoms with E-state index in [4.69, 9.17) is 4.74 Å². The van der Waals surface area contributed by atoms with Crippen LogP contribution in [0.25, 0.3) is 0 Å². The number of anilines is 1. The van der Waals surface area contributed by atoms with Crippen LogP contribution in [0.3, 0.4) is 0 Å². The van der Waals surface area contributed by atoms with E-state index < -0.39 is 0 Å². The number of nitrogens with one attached hydrogen (secondary N) is 2. The van der Waals surface area contributed by atoms with Gasteiger partial charge < -0.3 is 20.3 Å². The van der Waals surface area contributed by atoms with Crippen molar-refractivity contribution in [1.29, 1.82) is 0 Å². The first-order valence-corrected chi connectivity index (χ1v) is 10.9. The summed E-state index contributed by atoms with van der Waals surface area (Å²) in [6.07, 6.45) is 5.32. The molecule has 0 saturated carbocycles. The predicted octanol–water partition coefficient (Wildman–Crippen LogP) is 2.58. The number of thiophene rings is 1. The van der Waals surface area contributed by atoms with E-state index in [1.54, 1.807) is 12.3 Å². The van der Waals surface area contributed by atoms with Crippen LogP contribution in [-0.4, -0.2) is 53.5 Å². The molecule has 2 saturated heterocycles. The van der Waals surface area contributed by atoms with Crippen LogP contribution in [0.1, 0.15) is 35.4 Å². The minimum atomic E-state index is -0.122. The summed E-state index contributed by atoms with van der Waals surface area (Å²) >= 11 is 2.82. The molecule has 0 bridgehead atoms. The Morgan fingerprint density at radius 3 is 2.81 bits per heavy atom. The summed E-state index contributed by atoms with van der Waals surface area (Å²) in [6.45, 7) is 2.22. The Labute approximate surface area is 165 Å². The van der Waals surface area contributed by atoms with E-state index in [0.29, 0.717) is 23.2 Å². The zero-order chi connectivity index (χ0) is 18.6. The second-order valence-corrected chi connectivity index (χ2v) is 8.65. The fourth-order valence-electron chi connectivity index (χ4n) is 3.38. The lowest BCUT2D eigenvalue weighted by Crippen LogP contribution is -2.41. The van der Waals surface area contributed by atoms with Crippen LogP contribution < -0.4 is 15.4 Å². The number of rotatable bonds is 5. The molecule has 2 fully saturated rings. The SMILES string of the molecule is O=C(Nc1ccc(C(=O)N2CCC(Oc3nccs3)CC2)s1)[C@@H]1CCCN1. The van der Waals surface area contributed by atoms with Crippen LogP contribution in [0.5, 0.6) is 5.19 Å². The maximum Gasteiger partial charge on any atom is 0.273 e. The van der Waals surface area contributed by atoms with Gasteiger partial charge in [0.15, 0.2) is 0 Å². The average Bonchev–Trinajstić information content (AvgIpc) is 3.44. The average molecular weight is 407 g/mol. The number of ether oxygens (including phenoxy) is 1. The zero-order valence-electron chi connectivity index (χ0n) is 14.8. The lowest BCUT2D eigenvalue weighted by molar-refractivity contribution is -0.117. The molecule has 1 atom stereocenters. The van der Waals surface area contributed by atoms with E-state index in [1.165, 1.54) is 22.7 Å². The molecule has 0 aromatic carbocycles. The summed E-state index contributed by atoms with van der Waals surface area (Å²) in [4.78, 5) is 31.6. The minimum absolute atomic E-state index is 0.0199. The van der Waals surface area contributed by atoms with Gasteiger partial charge in [0.05, 0.1) is 15.9 Å². The summed E-state index contributed by atoms with van der Waals surface area (Å²) < 4.78 is 5.84. The molecule has 27 heavy (non-hydrogen) atoms. The molecule has 0 spiro atoms. The van der Waals surface area contributed by atoms with Crippen molar-refractivity contribution < 1.29 is 14.3 Å². The maximum atomic E-state index is 12.7. The van der Waals surface area contributed by atoms with Gasteiger partial charge in [-0.15, -0.1) is 11.3 Å². The van der Waals surface area contributed by atoms with Crippen molar-refractivity contribution in [2.75, 3.05) is 25.0 Å². The third-order valence-electron chi connectivity index (χ3n) is 4.85. The lowest BCUT2D eigenvalue weighted by atomic mass is 10.1. The molecule has 4 rings (SSSR count). The Morgan fingerprint density at radius 1 is 1.26 bits per heavy atom. The van der Waals surface area contributed by atoms with Crippen molar-refractivity contribution in [2.45, 2.75) is 37.8 Å². The first-order chi connectivity index (χ1) is 13.2. The molecule has 2 aromatic rings. The molecule has 9 heteroatoms. The highest BCUT2D eigenvalue weighted by Gasteiger charge is 2.27. The van der Waals surface area contributed by atoms with Gasteiger partial charge in [-0.3, -0.25) is 9.59 Å². The van der Waals surface area contributed by atoms with Gasteiger partial charge in [0.2, 0.25) is 5.91 Å². The van der Waals surface area contributed by atoms with E-state index in [9.17, 15) is 9.59 Å². The van der Waals surface area contributed by atoms with Gasteiger partial charge in [-0.2, -0.15) is 0 Å². The fourth-order valence-corrected chi connectivity index (χ4v) is 4.81. The monoisotopic (exact) mass is 406 g/mol. The Bertz CT molecular complexity index is 778. The molecule has 0 unspecified atom stereocenters. The van der Waals surface area contributed by atoms with Gasteiger partial charge in [0.1, 0.15) is 6.10 Å². The Kier molecular flexibility index (Phi) is 5.70. The van der Waals surface area contributed by atoms with Crippen LogP contribution in [0.2, 0.25) is 0 Å². The third-order valence-corrected chi connectivity index (χ3v) is 6.50. The molecule has 2 aromatic heterocycles. The van der Waals surface area contributed by atoms with Crippen LogP contribution in [-0.2, 0) is 4.79 Å². The van der Waals surface area contributed by atoms with Crippen molar-refractivity contribution in [3.63, 3.8) is 0 Å². The Morgan fingerprint density at radius 2 is 2.11 bits per heavy atom. The largest absolute Gasteiger partial charge is 0.467 e. The highest BCUT2D eigenvalue weighted by atomic mass is 32.1. The maximum absolute atomic E-state index is 12.7. The second-order valence-electron chi connectivity index (χ2n) is 6.71. The lowest BCUT2D eigenvalue weighted by Gasteiger charge is -2.31. The van der Waals surface area contributed by atoms with Gasteiger partial charge in [0.25, 0.3) is 11.1 Å². The van der Waals surface area contributed by atoms with E-state index in [-0.39, 0.29) is 24.0 Å². The number of carbonyl (C=O) groups excluding carboxylic acids is 2. The Hall–Kier alpha value is -1.97. The molecule has 2 N–H and O–H groups in total. The standard InChI is InChI=1S/C18H22N4O3S2/c23-16(13-2-1-7-19-13)21-15-4-3-14(27-15)17(24)22-9-5-12(6-10-22)25-18-20-8-11-26-18/h3-4,8,11-13,19H,1-2,5-7,9-10H2,(H,21,23)/t13-/m0/s1. The van der Waals surface area contributed by atoms with Crippen LogP contribution >= 0.6 is 22.7 Å². The number of nitrogens with zero attached hydrogens (tertiary/aromatic N) is 2. The molecule has 2 aliphatic heterocycles. The first-order valence-electron chi connectivity index (χ1n) is 9.18. The molecular formula is C18H22N4O3S2. The normalized spacial score (nSPS) is 20.6. The summed E-state index contributed by atoms with van der Waals surface area (Å²) in [5.41, 5.74) is 0. The molecule has 2 aliphatic rings. The van der Waals surface area contributed by atoms with Crippen molar-refractivity contribution in [3.8, 4) is 5.19 Å². The number of carbonyl (C=O) groups is 2. The number of hydrogen-bond acceptors (Lipinski definition) is 7. The van der Waals surface area contributed by atoms with E-state index in [1.807, 2.05) is 16.3 Å². The number of piperidine rings is 1. The molecule has 0 radical (unpaired) electrons. The number of aromatic nitrogens is 1. The number of likely N-dealkylation sites (tertiary alicyclic amines) is 1. The second kappa shape index (κ2) is 8.37. The highest BCUT2D eigenvalue weighted by molar-refractivity contribution is 7.18. The van der Waals surface area contributed by atoms with Gasteiger partial charge in [-0.25, -0.2) is 4.98 Å². The molecule has 2 amide bonds. The van der Waals surface area contributed by atoms with Crippen molar-refractivity contribution >= 4 is 39.5 Å². The van der Waals surface area contributed by atoms with Crippen molar-refractivity contribution in [2.24, 2.45) is 0 Å². The first kappa shape index (κ1) is 18.4. The summed E-state index contributed by atoms with van der Waals surface area (Å²) in [7, 11) is 0. The van der Waals surface area contributed by atoms with Gasteiger partial charge in [-0.1, -0.05) is 11.3 Å². The van der Waals surface area contributed by atoms with Crippen LogP contribution in [0.15, 0.2) is 23.7 Å². The molecule has 7 nitrogen and oxygen atoms in total. The van der Waals surface area contributed by atoms with Crippen molar-refractivity contribution in [1.82, 2.24) is 15.2 Å². The predicted molar refractivity (Wildman–Crippen MR) is 106 cm³/mol. The number of thiazole rings is 1. The number of hydrogen-bond donors (Lipinski definition) is 2. The van der Waals surface area contributed by atoms with Gasteiger partial charge >= 0.3 is 0 Å². The smallest absolute Gasteiger partial charge is 0.273 e. The topological polar surface area (TPSA) is 83.6 Å². The van der Waals surface area contributed by atoms with Crippen LogP contribution in [0, 0.1) is 0 Å². The molecule has 144 valence electrons. The highest BCUT2D eigenvalue weighted by Crippen LogP contribution is 2.26. The van der Waals surface area contributed by atoms with Gasteiger partial charge in [-0.05, 0) is 31.5 Å². The Balaban J connectivity index is 1.28. The third kappa shape index (κ3) is 4.48. The van der Waals surface area contributed by atoms with E-state index in [0.717, 1.165) is 37.2 Å². The fraction of sp³-hybridized carbons (Fsp3) is 0.500. The van der Waals surface area contributed by atoms with Crippen LogP contribution in [0.4, 0.5) is 5.00 Å². The van der Waals surface area contributed by atoms with Crippen molar-refractivity contribution in [3.05, 3.63) is 28.6 Å². The van der Waals surface area contributed by atoms with Gasteiger partial charge in [0, 0.05) is 37.5 Å². The summed E-state index contributed by atoms with van der Waals surface area (Å²) in [5, 5.41) is 9.40. The zero-order valence-corrected chi connectivity index (χ0v) is 16.5. The van der Waals surface area contributed by atoms with E-state index in [2.05, 4.69) is 15.6 Å². The summed E-state index contributed by atoms with van der Waals surface area (Å²) in [6, 6.07) is 3.48. The molecule has 4 heterocycles. The summed E-state index contributed by atoms with van der Waals surface area (Å²) in [5.74, 6) is 0.000637. The van der Waals surface area contributed by atoms with E-state index >= 15 is 0 Å². The number of amides is 2. The molecular weight excluding hydrogens is 384 g/mol. The minimum Gasteiger partial charge on any atom is -0.467 e. The molecule has 0 aliphatic carbocycles.